The van der Waals surface area contributed by atoms with E-state index in [2.05, 4.69) is 0 Å². The number of hydrogen-bond donors (Lipinski definition) is 1. The first kappa shape index (κ1) is 18.3. The summed E-state index contributed by atoms with van der Waals surface area (Å²) >= 11 is 0. The molecule has 1 aliphatic rings. The molecule has 0 amide bonds. The predicted octanol–water partition coefficient (Wildman–Crippen LogP) is 4.63. The molecule has 0 aliphatic heterocycles. The van der Waals surface area contributed by atoms with Crippen molar-refractivity contribution in [2.24, 2.45) is 0 Å². The smallest absolute Gasteiger partial charge is 0.190 e. The number of carbonyl (C=O) groups excluding carboxylic acids is 2. The van der Waals surface area contributed by atoms with E-state index in [1.807, 2.05) is 42.5 Å². The van der Waals surface area contributed by atoms with Crippen LogP contribution in [-0.2, 0) is 9.59 Å². The lowest BCUT2D eigenvalue weighted by molar-refractivity contribution is -0.115. The Hall–Kier alpha value is -2.52. The Bertz CT molecular complexity index is 968. The van der Waals surface area contributed by atoms with Gasteiger partial charge in [0.2, 0.25) is 0 Å². The van der Waals surface area contributed by atoms with Crippen LogP contribution in [0.5, 0.6) is 0 Å². The summed E-state index contributed by atoms with van der Waals surface area (Å²) in [5.41, 5.74) is 1.89. The molecule has 3 nitrogen and oxygen atoms in total. The van der Waals surface area contributed by atoms with Crippen LogP contribution in [0.1, 0.15) is 46.1 Å². The van der Waals surface area contributed by atoms with E-state index >= 15 is 0 Å². The molecule has 0 saturated carbocycles. The monoisotopic (exact) mass is 348 g/mol. The summed E-state index contributed by atoms with van der Waals surface area (Å²) in [5, 5.41) is 12.1. The van der Waals surface area contributed by atoms with Crippen LogP contribution in [0.4, 0.5) is 0 Å². The van der Waals surface area contributed by atoms with Crippen LogP contribution in [-0.4, -0.2) is 22.3 Å². The molecular formula is C23H24O3. The Balaban J connectivity index is 2.05. The normalized spacial score (nSPS) is 16.0. The van der Waals surface area contributed by atoms with Crippen molar-refractivity contribution < 1.29 is 14.7 Å². The fourth-order valence-corrected chi connectivity index (χ4v) is 3.45. The second-order valence-corrected chi connectivity index (χ2v) is 7.64. The third-order valence-corrected chi connectivity index (χ3v) is 5.03. The number of ketones is 2. The van der Waals surface area contributed by atoms with Gasteiger partial charge in [-0.05, 0) is 62.9 Å². The number of hydrogen-bond acceptors (Lipinski definition) is 3. The van der Waals surface area contributed by atoms with Crippen LogP contribution >= 0.6 is 0 Å². The fraction of sp³-hybridized carbons (Fsp3) is 0.304. The van der Waals surface area contributed by atoms with Gasteiger partial charge in [-0.15, -0.1) is 0 Å². The maximum absolute atomic E-state index is 13.2. The second kappa shape index (κ2) is 6.65. The summed E-state index contributed by atoms with van der Waals surface area (Å²) < 4.78 is 0. The summed E-state index contributed by atoms with van der Waals surface area (Å²) in [6.07, 6.45) is 0.826. The predicted molar refractivity (Wildman–Crippen MR) is 105 cm³/mol. The molecule has 0 heterocycles. The summed E-state index contributed by atoms with van der Waals surface area (Å²) in [5.74, 6) is -0.183. The van der Waals surface area contributed by atoms with Crippen LogP contribution in [0.25, 0.3) is 16.3 Å². The fourth-order valence-electron chi connectivity index (χ4n) is 3.45. The minimum absolute atomic E-state index is 0.0847. The maximum Gasteiger partial charge on any atom is 0.190 e. The quantitative estimate of drug-likeness (QED) is 0.820. The van der Waals surface area contributed by atoms with Crippen molar-refractivity contribution in [2.75, 3.05) is 0 Å². The van der Waals surface area contributed by atoms with Gasteiger partial charge in [-0.2, -0.15) is 0 Å². The van der Waals surface area contributed by atoms with E-state index in [1.54, 1.807) is 27.7 Å². The van der Waals surface area contributed by atoms with Crippen LogP contribution in [0.15, 0.2) is 59.2 Å². The minimum atomic E-state index is -0.879. The third kappa shape index (κ3) is 3.40. The van der Waals surface area contributed by atoms with Crippen LogP contribution in [0.3, 0.4) is 0 Å². The van der Waals surface area contributed by atoms with Crippen molar-refractivity contribution in [1.29, 1.82) is 0 Å². The van der Waals surface area contributed by atoms with Crippen molar-refractivity contribution in [3.8, 4) is 0 Å². The number of benzene rings is 2. The molecule has 0 fully saturated rings. The summed E-state index contributed by atoms with van der Waals surface area (Å²) in [6, 6.07) is 13.8. The zero-order valence-electron chi connectivity index (χ0n) is 15.7. The molecule has 3 rings (SSSR count). The van der Waals surface area contributed by atoms with E-state index in [9.17, 15) is 14.7 Å². The number of aliphatic hydroxyl groups is 1. The topological polar surface area (TPSA) is 54.4 Å². The van der Waals surface area contributed by atoms with E-state index in [4.69, 9.17) is 0 Å². The Morgan fingerprint density at radius 1 is 0.885 bits per heavy atom. The molecule has 0 saturated heterocycles. The standard InChI is InChI=1S/C23H24O3/c1-14-19(11-12-23(3,4)26)22(25)20(15(2)21(14)24)18-10-9-16-7-5-6-8-17(16)13-18/h5-10,13,26H,11-12H2,1-4H3. The van der Waals surface area contributed by atoms with Crippen molar-refractivity contribution in [3.63, 3.8) is 0 Å². The molecule has 0 atom stereocenters. The Kier molecular flexibility index (Phi) is 4.68. The van der Waals surface area contributed by atoms with Crippen molar-refractivity contribution >= 4 is 27.9 Å². The summed E-state index contributed by atoms with van der Waals surface area (Å²) in [7, 11) is 0. The molecule has 134 valence electrons. The third-order valence-electron chi connectivity index (χ3n) is 5.03. The molecule has 0 spiro atoms. The van der Waals surface area contributed by atoms with E-state index in [-0.39, 0.29) is 11.6 Å². The molecule has 0 unspecified atom stereocenters. The molecule has 26 heavy (non-hydrogen) atoms. The highest BCUT2D eigenvalue weighted by atomic mass is 16.3. The first-order valence-electron chi connectivity index (χ1n) is 8.90. The molecule has 2 aromatic carbocycles. The molecule has 3 heteroatoms. The first-order valence-corrected chi connectivity index (χ1v) is 8.90. The Morgan fingerprint density at radius 2 is 1.54 bits per heavy atom. The largest absolute Gasteiger partial charge is 0.390 e. The molecule has 1 aliphatic carbocycles. The summed E-state index contributed by atoms with van der Waals surface area (Å²) in [4.78, 5) is 25.9. The highest BCUT2D eigenvalue weighted by Gasteiger charge is 2.31. The number of rotatable bonds is 4. The Morgan fingerprint density at radius 3 is 2.19 bits per heavy atom. The number of fused-ring (bicyclic) bond motifs is 1. The van der Waals surface area contributed by atoms with Crippen molar-refractivity contribution in [1.82, 2.24) is 0 Å². The van der Waals surface area contributed by atoms with Gasteiger partial charge in [-0.25, -0.2) is 0 Å². The number of allylic oxidation sites excluding steroid dienone is 4. The zero-order chi connectivity index (χ0) is 19.1. The second-order valence-electron chi connectivity index (χ2n) is 7.64. The van der Waals surface area contributed by atoms with Gasteiger partial charge in [0.1, 0.15) is 0 Å². The highest BCUT2D eigenvalue weighted by Crippen LogP contribution is 2.35. The molecular weight excluding hydrogens is 324 g/mol. The van der Waals surface area contributed by atoms with Gasteiger partial charge in [-0.1, -0.05) is 36.4 Å². The van der Waals surface area contributed by atoms with Crippen LogP contribution in [0.2, 0.25) is 0 Å². The lowest BCUT2D eigenvalue weighted by atomic mass is 9.79. The van der Waals surface area contributed by atoms with Crippen molar-refractivity contribution in [3.05, 3.63) is 64.7 Å². The van der Waals surface area contributed by atoms with Gasteiger partial charge in [0.25, 0.3) is 0 Å². The molecule has 0 bridgehead atoms. The first-order chi connectivity index (χ1) is 12.2. The molecule has 0 radical (unpaired) electrons. The van der Waals surface area contributed by atoms with Crippen LogP contribution in [0, 0.1) is 0 Å². The molecule has 2 aromatic rings. The average Bonchev–Trinajstić information content (AvgIpc) is 2.59. The van der Waals surface area contributed by atoms with Crippen molar-refractivity contribution in [2.45, 2.75) is 46.1 Å². The van der Waals surface area contributed by atoms with Gasteiger partial charge in [-0.3, -0.25) is 9.59 Å². The van der Waals surface area contributed by atoms with E-state index < -0.39 is 5.60 Å². The van der Waals surface area contributed by atoms with Crippen LogP contribution < -0.4 is 0 Å². The summed E-state index contributed by atoms with van der Waals surface area (Å²) in [6.45, 7) is 6.86. The van der Waals surface area contributed by atoms with Gasteiger partial charge < -0.3 is 5.11 Å². The number of carbonyl (C=O) groups is 2. The van der Waals surface area contributed by atoms with E-state index in [0.29, 0.717) is 35.1 Å². The van der Waals surface area contributed by atoms with E-state index in [1.165, 1.54) is 0 Å². The van der Waals surface area contributed by atoms with Gasteiger partial charge in [0.05, 0.1) is 5.60 Å². The van der Waals surface area contributed by atoms with Gasteiger partial charge in [0.15, 0.2) is 11.6 Å². The van der Waals surface area contributed by atoms with E-state index in [0.717, 1.165) is 16.3 Å². The minimum Gasteiger partial charge on any atom is -0.390 e. The maximum atomic E-state index is 13.2. The lowest BCUT2D eigenvalue weighted by Gasteiger charge is -2.23. The molecule has 1 N–H and O–H groups in total. The SMILES string of the molecule is CC1=C(CCC(C)(C)O)C(=O)C(c2ccc3ccccc3c2)=C(C)C1=O. The number of Topliss-reactive ketones (excluding diaryl/α,β-unsaturated/α-hetero) is 2. The molecule has 0 aromatic heterocycles. The average molecular weight is 348 g/mol. The van der Waals surface area contributed by atoms with Gasteiger partial charge in [0, 0.05) is 22.3 Å². The Labute approximate surface area is 154 Å². The highest BCUT2D eigenvalue weighted by molar-refractivity contribution is 6.39. The lowest BCUT2D eigenvalue weighted by Crippen LogP contribution is -2.24. The zero-order valence-corrected chi connectivity index (χ0v) is 15.7. The van der Waals surface area contributed by atoms with Gasteiger partial charge >= 0.3 is 0 Å².